The van der Waals surface area contributed by atoms with Gasteiger partial charge in [0.25, 0.3) is 0 Å². The zero-order valence-electron chi connectivity index (χ0n) is 14.4. The second-order valence-corrected chi connectivity index (χ2v) is 6.43. The van der Waals surface area contributed by atoms with E-state index in [2.05, 4.69) is 17.1 Å². The molecule has 4 nitrogen and oxygen atoms in total. The van der Waals surface area contributed by atoms with Crippen LogP contribution in [0.3, 0.4) is 0 Å². The van der Waals surface area contributed by atoms with Crippen LogP contribution in [0.15, 0.2) is 42.6 Å². The van der Waals surface area contributed by atoms with Crippen molar-refractivity contribution < 1.29 is 9.53 Å². The van der Waals surface area contributed by atoms with E-state index in [-0.39, 0.29) is 5.91 Å². The lowest BCUT2D eigenvalue weighted by Gasteiger charge is -2.32. The first kappa shape index (κ1) is 16.5. The van der Waals surface area contributed by atoms with Gasteiger partial charge in [0, 0.05) is 31.8 Å². The molecule has 2 aromatic rings. The molecule has 0 N–H and O–H groups in total. The smallest absolute Gasteiger partial charge is 0.219 e. The number of ether oxygens (including phenoxy) is 1. The Kier molecular flexibility index (Phi) is 5.14. The van der Waals surface area contributed by atoms with Crippen molar-refractivity contribution in [1.82, 2.24) is 9.88 Å². The number of pyridine rings is 1. The number of benzene rings is 1. The molecule has 1 aliphatic rings. The predicted molar refractivity (Wildman–Crippen MR) is 94.9 cm³/mol. The molecule has 24 heavy (non-hydrogen) atoms. The third-order valence-corrected chi connectivity index (χ3v) is 4.70. The van der Waals surface area contributed by atoms with E-state index in [1.165, 1.54) is 12.0 Å². The van der Waals surface area contributed by atoms with E-state index in [4.69, 9.17) is 4.74 Å². The molecule has 1 fully saturated rings. The Labute approximate surface area is 143 Å². The second-order valence-electron chi connectivity index (χ2n) is 6.43. The van der Waals surface area contributed by atoms with Gasteiger partial charge in [-0.15, -0.1) is 0 Å². The Morgan fingerprint density at radius 1 is 1.33 bits per heavy atom. The number of piperidine rings is 1. The van der Waals surface area contributed by atoms with E-state index in [1.807, 2.05) is 35.4 Å². The molecular formula is C20H24N2O2. The van der Waals surface area contributed by atoms with E-state index in [0.717, 1.165) is 42.9 Å². The summed E-state index contributed by atoms with van der Waals surface area (Å²) in [6.45, 7) is 3.42. The van der Waals surface area contributed by atoms with Crippen molar-refractivity contribution in [3.8, 4) is 17.0 Å². The van der Waals surface area contributed by atoms with Crippen molar-refractivity contribution in [2.45, 2.75) is 26.2 Å². The topological polar surface area (TPSA) is 42.4 Å². The Hall–Kier alpha value is -2.36. The number of carbonyl (C=O) groups excluding carboxylic acids is 1. The van der Waals surface area contributed by atoms with Crippen molar-refractivity contribution in [3.05, 3.63) is 48.2 Å². The highest BCUT2D eigenvalue weighted by Crippen LogP contribution is 2.29. The summed E-state index contributed by atoms with van der Waals surface area (Å²) in [6.07, 6.45) is 5.11. The third-order valence-electron chi connectivity index (χ3n) is 4.70. The number of likely N-dealkylation sites (tertiary alicyclic amines) is 1. The van der Waals surface area contributed by atoms with Crippen molar-refractivity contribution in [2.24, 2.45) is 5.92 Å². The first-order valence-corrected chi connectivity index (χ1v) is 8.51. The van der Waals surface area contributed by atoms with Crippen molar-refractivity contribution in [1.29, 1.82) is 0 Å². The first-order valence-electron chi connectivity index (χ1n) is 8.51. The Morgan fingerprint density at radius 2 is 2.17 bits per heavy atom. The molecular weight excluding hydrogens is 300 g/mol. The molecule has 4 heteroatoms. The highest BCUT2D eigenvalue weighted by atomic mass is 16.5. The van der Waals surface area contributed by atoms with Gasteiger partial charge in [0.2, 0.25) is 5.91 Å². The summed E-state index contributed by atoms with van der Waals surface area (Å²) in [5.41, 5.74) is 3.21. The van der Waals surface area contributed by atoms with Gasteiger partial charge in [-0.2, -0.15) is 0 Å². The van der Waals surface area contributed by atoms with E-state index >= 15 is 0 Å². The van der Waals surface area contributed by atoms with Gasteiger partial charge in [-0.1, -0.05) is 12.1 Å². The average molecular weight is 324 g/mol. The molecule has 1 saturated heterocycles. The lowest BCUT2D eigenvalue weighted by Crippen LogP contribution is -2.39. The first-order chi connectivity index (χ1) is 11.7. The van der Waals surface area contributed by atoms with Crippen LogP contribution in [-0.4, -0.2) is 36.0 Å². The summed E-state index contributed by atoms with van der Waals surface area (Å²) in [4.78, 5) is 18.1. The van der Waals surface area contributed by atoms with Gasteiger partial charge < -0.3 is 9.64 Å². The number of hydrogen-bond donors (Lipinski definition) is 0. The quantitative estimate of drug-likeness (QED) is 0.863. The molecule has 1 atom stereocenters. The van der Waals surface area contributed by atoms with Crippen molar-refractivity contribution in [2.75, 3.05) is 20.2 Å². The molecule has 1 aromatic heterocycles. The van der Waals surface area contributed by atoms with E-state index in [9.17, 15) is 4.79 Å². The lowest BCUT2D eigenvalue weighted by atomic mass is 9.91. The Balaban J connectivity index is 1.77. The maximum atomic E-state index is 11.6. The molecule has 1 amide bonds. The van der Waals surface area contributed by atoms with E-state index in [1.54, 1.807) is 14.0 Å². The van der Waals surface area contributed by atoms with Crippen LogP contribution in [0, 0.1) is 5.92 Å². The number of aromatic nitrogens is 1. The molecule has 0 bridgehead atoms. The van der Waals surface area contributed by atoms with Gasteiger partial charge in [-0.05, 0) is 55.0 Å². The van der Waals surface area contributed by atoms with Crippen LogP contribution < -0.4 is 4.74 Å². The maximum absolute atomic E-state index is 11.6. The van der Waals surface area contributed by atoms with Gasteiger partial charge >= 0.3 is 0 Å². The van der Waals surface area contributed by atoms with Crippen LogP contribution >= 0.6 is 0 Å². The van der Waals surface area contributed by atoms with Crippen LogP contribution in [0.2, 0.25) is 0 Å². The number of rotatable bonds is 4. The molecule has 2 heterocycles. The third kappa shape index (κ3) is 3.75. The van der Waals surface area contributed by atoms with Crippen LogP contribution in [-0.2, 0) is 11.2 Å². The Bertz CT molecular complexity index is 714. The fraction of sp³-hybridized carbons (Fsp3) is 0.400. The summed E-state index contributed by atoms with van der Waals surface area (Å²) in [5, 5.41) is 0. The largest absolute Gasteiger partial charge is 0.496 e. The maximum Gasteiger partial charge on any atom is 0.219 e. The summed E-state index contributed by atoms with van der Waals surface area (Å²) >= 11 is 0. The summed E-state index contributed by atoms with van der Waals surface area (Å²) in [6, 6.07) is 12.2. The fourth-order valence-electron chi connectivity index (χ4n) is 3.46. The molecule has 0 radical (unpaired) electrons. The zero-order valence-corrected chi connectivity index (χ0v) is 14.4. The molecule has 1 aromatic carbocycles. The molecule has 1 aliphatic heterocycles. The van der Waals surface area contributed by atoms with Gasteiger partial charge in [0.1, 0.15) is 5.75 Å². The van der Waals surface area contributed by atoms with Gasteiger partial charge in [-0.3, -0.25) is 9.78 Å². The number of methoxy groups -OCH3 is 1. The SMILES string of the molecule is COc1ccccc1-c1cc(C[C@@H]2CCCN(C(C)=O)C2)ccn1. The summed E-state index contributed by atoms with van der Waals surface area (Å²) in [7, 11) is 1.68. The number of hydrogen-bond acceptors (Lipinski definition) is 3. The highest BCUT2D eigenvalue weighted by molar-refractivity contribution is 5.73. The number of nitrogens with zero attached hydrogens (tertiary/aromatic N) is 2. The number of amides is 1. The average Bonchev–Trinajstić information content (AvgIpc) is 2.62. The highest BCUT2D eigenvalue weighted by Gasteiger charge is 2.21. The Morgan fingerprint density at radius 3 is 2.96 bits per heavy atom. The predicted octanol–water partition coefficient (Wildman–Crippen LogP) is 3.56. The zero-order chi connectivity index (χ0) is 16.9. The fourth-order valence-corrected chi connectivity index (χ4v) is 3.46. The monoisotopic (exact) mass is 324 g/mol. The van der Waals surface area contributed by atoms with E-state index < -0.39 is 0 Å². The molecule has 0 spiro atoms. The standard InChI is InChI=1S/C20H24N2O2/c1-15(23)22-11-5-6-17(14-22)12-16-9-10-21-19(13-16)18-7-3-4-8-20(18)24-2/h3-4,7-10,13,17H,5-6,11-12,14H2,1-2H3/t17-/m0/s1. The minimum Gasteiger partial charge on any atom is -0.496 e. The molecule has 3 rings (SSSR count). The van der Waals surface area contributed by atoms with Crippen LogP contribution in [0.1, 0.15) is 25.3 Å². The normalized spacial score (nSPS) is 17.6. The van der Waals surface area contributed by atoms with Crippen LogP contribution in [0.4, 0.5) is 0 Å². The molecule has 0 saturated carbocycles. The molecule has 0 unspecified atom stereocenters. The number of para-hydroxylation sites is 1. The van der Waals surface area contributed by atoms with Crippen molar-refractivity contribution in [3.63, 3.8) is 0 Å². The van der Waals surface area contributed by atoms with Crippen LogP contribution in [0.25, 0.3) is 11.3 Å². The lowest BCUT2D eigenvalue weighted by molar-refractivity contribution is -0.130. The number of carbonyl (C=O) groups is 1. The summed E-state index contributed by atoms with van der Waals surface area (Å²) < 4.78 is 5.45. The second kappa shape index (κ2) is 7.47. The van der Waals surface area contributed by atoms with E-state index in [0.29, 0.717) is 5.92 Å². The van der Waals surface area contributed by atoms with Crippen LogP contribution in [0.5, 0.6) is 5.75 Å². The molecule has 126 valence electrons. The van der Waals surface area contributed by atoms with Gasteiger partial charge in [0.05, 0.1) is 12.8 Å². The minimum absolute atomic E-state index is 0.184. The summed E-state index contributed by atoms with van der Waals surface area (Å²) in [5.74, 6) is 1.54. The minimum atomic E-state index is 0.184. The van der Waals surface area contributed by atoms with Gasteiger partial charge in [-0.25, -0.2) is 0 Å². The van der Waals surface area contributed by atoms with Crippen molar-refractivity contribution >= 4 is 5.91 Å². The van der Waals surface area contributed by atoms with Gasteiger partial charge in [0.15, 0.2) is 0 Å². The molecule has 0 aliphatic carbocycles.